The van der Waals surface area contributed by atoms with Crippen molar-refractivity contribution < 1.29 is 14.0 Å². The van der Waals surface area contributed by atoms with E-state index in [1.54, 1.807) is 45.0 Å². The Morgan fingerprint density at radius 3 is 2.27 bits per heavy atom. The van der Waals surface area contributed by atoms with E-state index in [-0.39, 0.29) is 15.6 Å². The summed E-state index contributed by atoms with van der Waals surface area (Å²) in [6, 6.07) is 9.69. The molecule has 0 radical (unpaired) electrons. The average molecular weight is 398 g/mol. The summed E-state index contributed by atoms with van der Waals surface area (Å²) in [5.74, 6) is -1.12. The Hall–Kier alpha value is -2.31. The summed E-state index contributed by atoms with van der Waals surface area (Å²) in [6.45, 7) is 5.24. The summed E-state index contributed by atoms with van der Waals surface area (Å²) in [5, 5.41) is 3.86. The number of halogens is 3. The number of anilines is 1. The van der Waals surface area contributed by atoms with Crippen molar-refractivity contribution in [2.75, 3.05) is 5.32 Å². The second-order valence-corrected chi connectivity index (χ2v) is 7.30. The van der Waals surface area contributed by atoms with Crippen LogP contribution in [0.25, 0.3) is 0 Å². The molecular weight excluding hydrogens is 380 g/mol. The van der Waals surface area contributed by atoms with Crippen LogP contribution >= 0.6 is 23.2 Å². The fourth-order valence-electron chi connectivity index (χ4n) is 2.08. The molecule has 0 fully saturated rings. The van der Waals surface area contributed by atoms with Gasteiger partial charge in [0, 0.05) is 5.69 Å². The Bertz CT molecular complexity index is 837. The van der Waals surface area contributed by atoms with Gasteiger partial charge in [-0.1, -0.05) is 35.3 Å². The first kappa shape index (κ1) is 20.0. The fourth-order valence-corrected chi connectivity index (χ4v) is 2.49. The largest absolute Gasteiger partial charge is 0.341 e. The smallest absolute Gasteiger partial charge is 0.306 e. The molecule has 2 rings (SSSR count). The zero-order valence-electron chi connectivity index (χ0n) is 14.4. The molecule has 0 aliphatic heterocycles. The molecule has 0 heterocycles. The lowest BCUT2D eigenvalue weighted by Crippen LogP contribution is -2.57. The highest BCUT2D eigenvalue weighted by Gasteiger charge is 2.29. The van der Waals surface area contributed by atoms with E-state index in [1.807, 2.05) is 0 Å². The van der Waals surface area contributed by atoms with Crippen molar-refractivity contribution in [2.45, 2.75) is 26.3 Å². The summed E-state index contributed by atoms with van der Waals surface area (Å²) in [6.07, 6.45) is 0. The summed E-state index contributed by atoms with van der Waals surface area (Å²) in [4.78, 5) is 25.1. The predicted molar refractivity (Wildman–Crippen MR) is 101 cm³/mol. The molecule has 2 aromatic carbocycles. The lowest BCUT2D eigenvalue weighted by Gasteiger charge is -2.35. The topological polar surface area (TPSA) is 61.4 Å². The van der Waals surface area contributed by atoms with Crippen molar-refractivity contribution in [3.8, 4) is 0 Å². The molecule has 0 atom stereocenters. The Kier molecular flexibility index (Phi) is 6.10. The number of urea groups is 1. The quantitative estimate of drug-likeness (QED) is 0.691. The van der Waals surface area contributed by atoms with E-state index in [1.165, 1.54) is 12.1 Å². The molecule has 0 aliphatic rings. The lowest BCUT2D eigenvalue weighted by atomic mass is 10.1. The van der Waals surface area contributed by atoms with E-state index in [2.05, 4.69) is 10.7 Å². The van der Waals surface area contributed by atoms with Crippen LogP contribution in [0.4, 0.5) is 14.9 Å². The molecule has 3 amide bonds. The normalized spacial score (nSPS) is 11.0. The predicted octanol–water partition coefficient (Wildman–Crippen LogP) is 5.11. The lowest BCUT2D eigenvalue weighted by molar-refractivity contribution is 0.0687. The average Bonchev–Trinajstić information content (AvgIpc) is 2.55. The van der Waals surface area contributed by atoms with Crippen molar-refractivity contribution >= 4 is 40.8 Å². The number of carbonyl (C=O) groups is 2. The van der Waals surface area contributed by atoms with Crippen LogP contribution in [0.5, 0.6) is 0 Å². The van der Waals surface area contributed by atoms with Crippen molar-refractivity contribution in [3.05, 3.63) is 63.9 Å². The zero-order valence-corrected chi connectivity index (χ0v) is 16.0. The highest BCUT2D eigenvalue weighted by Crippen LogP contribution is 2.21. The van der Waals surface area contributed by atoms with E-state index in [9.17, 15) is 14.0 Å². The third-order valence-corrected chi connectivity index (χ3v) is 4.00. The van der Waals surface area contributed by atoms with Gasteiger partial charge < -0.3 is 5.32 Å². The first-order valence-corrected chi connectivity index (χ1v) is 8.47. The van der Waals surface area contributed by atoms with Gasteiger partial charge >= 0.3 is 6.03 Å². The number of nitrogens with zero attached hydrogens (tertiary/aromatic N) is 1. The first-order chi connectivity index (χ1) is 12.1. The maximum atomic E-state index is 13.3. The number of carbonyl (C=O) groups excluding carboxylic acids is 2. The van der Waals surface area contributed by atoms with Gasteiger partial charge in [0.2, 0.25) is 0 Å². The van der Waals surface area contributed by atoms with Gasteiger partial charge in [0.15, 0.2) is 0 Å². The molecule has 8 heteroatoms. The minimum atomic E-state index is -0.745. The summed E-state index contributed by atoms with van der Waals surface area (Å²) < 4.78 is 13.3. The van der Waals surface area contributed by atoms with Crippen LogP contribution in [-0.4, -0.2) is 22.5 Å². The van der Waals surface area contributed by atoms with Gasteiger partial charge in [-0.3, -0.25) is 10.2 Å². The van der Waals surface area contributed by atoms with E-state index < -0.39 is 23.3 Å². The number of nitrogens with one attached hydrogen (secondary N) is 2. The molecule has 0 unspecified atom stereocenters. The molecule has 5 nitrogen and oxygen atoms in total. The minimum absolute atomic E-state index is 0.120. The van der Waals surface area contributed by atoms with E-state index in [4.69, 9.17) is 23.2 Å². The molecule has 2 N–H and O–H groups in total. The molecular formula is C18H18Cl2FN3O2. The van der Waals surface area contributed by atoms with Crippen LogP contribution in [0, 0.1) is 5.82 Å². The monoisotopic (exact) mass is 397 g/mol. The maximum absolute atomic E-state index is 13.3. The third-order valence-electron chi connectivity index (χ3n) is 3.38. The zero-order chi connectivity index (χ0) is 19.5. The van der Waals surface area contributed by atoms with Gasteiger partial charge in [-0.25, -0.2) is 14.2 Å². The number of benzene rings is 2. The van der Waals surface area contributed by atoms with Crippen molar-refractivity contribution in [1.29, 1.82) is 0 Å². The van der Waals surface area contributed by atoms with E-state index >= 15 is 0 Å². The number of hydrogen-bond acceptors (Lipinski definition) is 2. The Morgan fingerprint density at radius 2 is 1.69 bits per heavy atom. The molecule has 0 bridgehead atoms. The summed E-state index contributed by atoms with van der Waals surface area (Å²) in [7, 11) is 0. The number of hydrogen-bond donors (Lipinski definition) is 2. The van der Waals surface area contributed by atoms with E-state index in [0.29, 0.717) is 5.69 Å². The number of hydrazine groups is 1. The molecule has 2 aromatic rings. The van der Waals surface area contributed by atoms with Gasteiger partial charge in [0.05, 0.1) is 21.1 Å². The summed E-state index contributed by atoms with van der Waals surface area (Å²) >= 11 is 11.8. The number of amides is 3. The van der Waals surface area contributed by atoms with Crippen molar-refractivity contribution in [3.63, 3.8) is 0 Å². The first-order valence-electron chi connectivity index (χ1n) is 7.71. The standard InChI is InChI=1S/C18H18Cl2FN3O2/c1-18(2,3)24(23-16(25)12-6-4-5-7-13(12)19)17(26)22-11-8-9-15(21)14(20)10-11/h4-10H,1-3H3,(H,22,26)(H,23,25). The van der Waals surface area contributed by atoms with Crippen LogP contribution in [-0.2, 0) is 0 Å². The van der Waals surface area contributed by atoms with Crippen LogP contribution in [0.2, 0.25) is 10.0 Å². The summed E-state index contributed by atoms with van der Waals surface area (Å²) in [5.41, 5.74) is 2.34. The molecule has 0 aromatic heterocycles. The van der Waals surface area contributed by atoms with Crippen LogP contribution in [0.3, 0.4) is 0 Å². The van der Waals surface area contributed by atoms with Crippen LogP contribution < -0.4 is 10.7 Å². The molecule has 0 saturated heterocycles. The fraction of sp³-hybridized carbons (Fsp3) is 0.222. The van der Waals surface area contributed by atoms with Gasteiger partial charge in [-0.2, -0.15) is 0 Å². The maximum Gasteiger partial charge on any atom is 0.341 e. The van der Waals surface area contributed by atoms with Gasteiger partial charge in [0.1, 0.15) is 5.82 Å². The minimum Gasteiger partial charge on any atom is -0.306 e. The van der Waals surface area contributed by atoms with Crippen LogP contribution in [0.15, 0.2) is 42.5 Å². The van der Waals surface area contributed by atoms with Crippen molar-refractivity contribution in [2.24, 2.45) is 0 Å². The second kappa shape index (κ2) is 7.93. The molecule has 0 aliphatic carbocycles. The third kappa shape index (κ3) is 4.86. The molecule has 0 spiro atoms. The van der Waals surface area contributed by atoms with Crippen LogP contribution in [0.1, 0.15) is 31.1 Å². The van der Waals surface area contributed by atoms with Gasteiger partial charge in [0.25, 0.3) is 5.91 Å². The molecule has 0 saturated carbocycles. The highest BCUT2D eigenvalue weighted by atomic mass is 35.5. The van der Waals surface area contributed by atoms with Crippen molar-refractivity contribution in [1.82, 2.24) is 10.4 Å². The Labute approximate surface area is 161 Å². The van der Waals surface area contributed by atoms with E-state index in [0.717, 1.165) is 11.1 Å². The second-order valence-electron chi connectivity index (χ2n) is 6.49. The van der Waals surface area contributed by atoms with Gasteiger partial charge in [-0.05, 0) is 51.1 Å². The molecule has 26 heavy (non-hydrogen) atoms. The Balaban J connectivity index is 2.21. The highest BCUT2D eigenvalue weighted by molar-refractivity contribution is 6.33. The van der Waals surface area contributed by atoms with Gasteiger partial charge in [-0.15, -0.1) is 0 Å². The Morgan fingerprint density at radius 1 is 1.04 bits per heavy atom. The SMILES string of the molecule is CC(C)(C)N(NC(=O)c1ccccc1Cl)C(=O)Nc1ccc(F)c(Cl)c1. The number of rotatable bonds is 2. The molecule has 138 valence electrons.